The van der Waals surface area contributed by atoms with E-state index >= 15 is 0 Å². The highest BCUT2D eigenvalue weighted by atomic mass is 35.5. The molecule has 6 heteroatoms. The summed E-state index contributed by atoms with van der Waals surface area (Å²) in [5.41, 5.74) is 0.660. The zero-order chi connectivity index (χ0) is 16.4. The van der Waals surface area contributed by atoms with Gasteiger partial charge in [-0.25, -0.2) is 14.2 Å². The molecule has 1 aliphatic rings. The lowest BCUT2D eigenvalue weighted by Crippen LogP contribution is -2.05. The largest absolute Gasteiger partial charge is 0.497 e. The number of rotatable bonds is 3. The third kappa shape index (κ3) is 3.10. The van der Waals surface area contributed by atoms with Crippen molar-refractivity contribution in [3.8, 4) is 5.75 Å². The van der Waals surface area contributed by atoms with Crippen LogP contribution in [0.1, 0.15) is 11.1 Å². The van der Waals surface area contributed by atoms with Gasteiger partial charge in [0.15, 0.2) is 5.70 Å². The maximum Gasteiger partial charge on any atom is 0.363 e. The van der Waals surface area contributed by atoms with E-state index in [0.29, 0.717) is 11.3 Å². The summed E-state index contributed by atoms with van der Waals surface area (Å²) in [6, 6.07) is 11.2. The first-order chi connectivity index (χ1) is 11.1. The van der Waals surface area contributed by atoms with E-state index in [1.54, 1.807) is 24.3 Å². The average molecular weight is 332 g/mol. The van der Waals surface area contributed by atoms with Crippen LogP contribution in [0.15, 0.2) is 53.2 Å². The maximum atomic E-state index is 13.8. The number of esters is 1. The molecule has 1 aliphatic heterocycles. The minimum Gasteiger partial charge on any atom is -0.497 e. The molecule has 0 spiro atoms. The lowest BCUT2D eigenvalue weighted by molar-refractivity contribution is -0.129. The van der Waals surface area contributed by atoms with Crippen molar-refractivity contribution >= 4 is 29.5 Å². The van der Waals surface area contributed by atoms with Crippen molar-refractivity contribution in [2.45, 2.75) is 0 Å². The highest BCUT2D eigenvalue weighted by Crippen LogP contribution is 2.25. The van der Waals surface area contributed by atoms with E-state index in [1.807, 2.05) is 0 Å². The van der Waals surface area contributed by atoms with E-state index in [9.17, 15) is 9.18 Å². The van der Waals surface area contributed by atoms with Gasteiger partial charge in [-0.05, 0) is 36.4 Å². The van der Waals surface area contributed by atoms with E-state index in [1.165, 1.54) is 31.4 Å². The molecule has 0 radical (unpaired) electrons. The van der Waals surface area contributed by atoms with Gasteiger partial charge in [-0.3, -0.25) is 0 Å². The van der Waals surface area contributed by atoms with Crippen LogP contribution in [0.4, 0.5) is 4.39 Å². The molecule has 2 aromatic rings. The molecule has 0 bridgehead atoms. The molecule has 0 unspecified atom stereocenters. The Balaban J connectivity index is 2.00. The molecular formula is C17H11ClFNO3. The van der Waals surface area contributed by atoms with Gasteiger partial charge in [0.2, 0.25) is 5.90 Å². The second kappa shape index (κ2) is 6.22. The zero-order valence-electron chi connectivity index (χ0n) is 12.0. The van der Waals surface area contributed by atoms with E-state index in [4.69, 9.17) is 21.1 Å². The molecular weight excluding hydrogens is 321 g/mol. The van der Waals surface area contributed by atoms with Crippen molar-refractivity contribution in [3.63, 3.8) is 0 Å². The SMILES string of the molecule is COc1cccc(C2=NC(=Cc3c(F)cccc3Cl)C(=O)O2)c1. The van der Waals surface area contributed by atoms with Gasteiger partial charge in [-0.15, -0.1) is 0 Å². The van der Waals surface area contributed by atoms with Crippen LogP contribution in [0.25, 0.3) is 6.08 Å². The second-order valence-electron chi connectivity index (χ2n) is 4.70. The zero-order valence-corrected chi connectivity index (χ0v) is 12.8. The van der Waals surface area contributed by atoms with Crippen LogP contribution in [-0.2, 0) is 9.53 Å². The molecule has 1 heterocycles. The lowest BCUT2D eigenvalue weighted by Gasteiger charge is -2.02. The van der Waals surface area contributed by atoms with Gasteiger partial charge in [0.05, 0.1) is 12.1 Å². The first-order valence-electron chi connectivity index (χ1n) is 6.69. The Labute approximate surface area is 136 Å². The fourth-order valence-electron chi connectivity index (χ4n) is 2.07. The summed E-state index contributed by atoms with van der Waals surface area (Å²) in [6.07, 6.45) is 1.27. The Morgan fingerprint density at radius 3 is 2.78 bits per heavy atom. The van der Waals surface area contributed by atoms with E-state index in [0.717, 1.165) is 0 Å². The number of benzene rings is 2. The number of aliphatic imine (C=N–C) groups is 1. The smallest absolute Gasteiger partial charge is 0.363 e. The third-order valence-corrected chi connectivity index (χ3v) is 3.55. The second-order valence-corrected chi connectivity index (χ2v) is 5.11. The Bertz CT molecular complexity index is 825. The molecule has 4 nitrogen and oxygen atoms in total. The third-order valence-electron chi connectivity index (χ3n) is 3.22. The molecule has 3 rings (SSSR count). The van der Waals surface area contributed by atoms with Crippen LogP contribution in [0.3, 0.4) is 0 Å². The van der Waals surface area contributed by atoms with Crippen molar-refractivity contribution in [2.75, 3.05) is 7.11 Å². The van der Waals surface area contributed by atoms with Gasteiger partial charge in [0.1, 0.15) is 11.6 Å². The van der Waals surface area contributed by atoms with E-state index in [-0.39, 0.29) is 22.2 Å². The van der Waals surface area contributed by atoms with Gasteiger partial charge in [-0.2, -0.15) is 0 Å². The fourth-order valence-corrected chi connectivity index (χ4v) is 2.29. The topological polar surface area (TPSA) is 47.9 Å². The van der Waals surface area contributed by atoms with Gasteiger partial charge in [0, 0.05) is 11.1 Å². The Morgan fingerprint density at radius 2 is 2.04 bits per heavy atom. The predicted octanol–water partition coefficient (Wildman–Crippen LogP) is 3.83. The Hall–Kier alpha value is -2.66. The molecule has 0 N–H and O–H groups in total. The lowest BCUT2D eigenvalue weighted by atomic mass is 10.2. The average Bonchev–Trinajstić information content (AvgIpc) is 2.92. The highest BCUT2D eigenvalue weighted by molar-refractivity contribution is 6.32. The number of ether oxygens (including phenoxy) is 2. The van der Waals surface area contributed by atoms with Crippen LogP contribution in [-0.4, -0.2) is 19.0 Å². The number of methoxy groups -OCH3 is 1. The molecule has 0 atom stereocenters. The summed E-state index contributed by atoms with van der Waals surface area (Å²) < 4.78 is 24.1. The number of hydrogen-bond acceptors (Lipinski definition) is 4. The first kappa shape index (κ1) is 15.2. The molecule has 0 aromatic heterocycles. The summed E-state index contributed by atoms with van der Waals surface area (Å²) in [4.78, 5) is 16.1. The van der Waals surface area contributed by atoms with E-state index < -0.39 is 11.8 Å². The number of carbonyl (C=O) groups is 1. The molecule has 23 heavy (non-hydrogen) atoms. The summed E-state index contributed by atoms with van der Waals surface area (Å²) in [5, 5.41) is 0.190. The maximum absolute atomic E-state index is 13.8. The van der Waals surface area contributed by atoms with Crippen LogP contribution in [0, 0.1) is 5.82 Å². The predicted molar refractivity (Wildman–Crippen MR) is 85.0 cm³/mol. The van der Waals surface area contributed by atoms with Gasteiger partial charge >= 0.3 is 5.97 Å². The molecule has 0 fully saturated rings. The summed E-state index contributed by atoms with van der Waals surface area (Å²) in [5.74, 6) is -0.464. The normalized spacial score (nSPS) is 15.5. The Morgan fingerprint density at radius 1 is 1.26 bits per heavy atom. The van der Waals surface area contributed by atoms with Crippen molar-refractivity contribution in [1.82, 2.24) is 0 Å². The summed E-state index contributed by atoms with van der Waals surface area (Å²) in [6.45, 7) is 0. The molecule has 0 aliphatic carbocycles. The molecule has 0 saturated heterocycles. The van der Waals surface area contributed by atoms with Crippen molar-refractivity contribution in [1.29, 1.82) is 0 Å². The van der Waals surface area contributed by atoms with Crippen LogP contribution in [0.2, 0.25) is 5.02 Å². The number of halogens is 2. The molecule has 116 valence electrons. The standard InChI is InChI=1S/C17H11ClFNO3/c1-22-11-5-2-4-10(8-11)16-20-15(17(21)23-16)9-12-13(18)6-3-7-14(12)19/h2-9H,1H3. The number of hydrogen-bond donors (Lipinski definition) is 0. The van der Waals surface area contributed by atoms with Crippen LogP contribution in [0.5, 0.6) is 5.75 Å². The number of nitrogens with zero attached hydrogens (tertiary/aromatic N) is 1. The number of carbonyl (C=O) groups excluding carboxylic acids is 1. The first-order valence-corrected chi connectivity index (χ1v) is 7.07. The van der Waals surface area contributed by atoms with Crippen molar-refractivity contribution in [3.05, 3.63) is 70.1 Å². The quantitative estimate of drug-likeness (QED) is 0.634. The van der Waals surface area contributed by atoms with Crippen LogP contribution < -0.4 is 4.74 Å². The van der Waals surface area contributed by atoms with Crippen molar-refractivity contribution in [2.24, 2.45) is 4.99 Å². The van der Waals surface area contributed by atoms with Gasteiger partial charge in [-0.1, -0.05) is 23.7 Å². The van der Waals surface area contributed by atoms with Gasteiger partial charge < -0.3 is 9.47 Å². The molecule has 0 saturated carbocycles. The monoisotopic (exact) mass is 331 g/mol. The summed E-state index contributed by atoms with van der Waals surface area (Å²) >= 11 is 5.95. The summed E-state index contributed by atoms with van der Waals surface area (Å²) in [7, 11) is 1.53. The van der Waals surface area contributed by atoms with Crippen LogP contribution >= 0.6 is 11.6 Å². The van der Waals surface area contributed by atoms with Crippen molar-refractivity contribution < 1.29 is 18.7 Å². The number of cyclic esters (lactones) is 1. The minimum absolute atomic E-state index is 0.0187. The highest BCUT2D eigenvalue weighted by Gasteiger charge is 2.25. The van der Waals surface area contributed by atoms with E-state index in [2.05, 4.69) is 4.99 Å². The Kier molecular flexibility index (Phi) is 4.12. The minimum atomic E-state index is -0.665. The molecule has 2 aromatic carbocycles. The fraction of sp³-hybridized carbons (Fsp3) is 0.0588. The van der Waals surface area contributed by atoms with Gasteiger partial charge in [0.25, 0.3) is 0 Å². The molecule has 0 amide bonds.